The molecule has 0 fully saturated rings. The number of ether oxygens (including phenoxy) is 2. The summed E-state index contributed by atoms with van der Waals surface area (Å²) >= 11 is 0. The van der Waals surface area contributed by atoms with Crippen molar-refractivity contribution in [2.24, 2.45) is 0 Å². The second-order valence-electron chi connectivity index (χ2n) is 9.91. The predicted molar refractivity (Wildman–Crippen MR) is 154 cm³/mol. The van der Waals surface area contributed by atoms with Crippen molar-refractivity contribution in [2.45, 2.75) is 31.5 Å². The summed E-state index contributed by atoms with van der Waals surface area (Å²) < 4.78 is 11.3. The first kappa shape index (κ1) is 28.4. The molecule has 0 spiro atoms. The first-order chi connectivity index (χ1) is 20.3. The summed E-state index contributed by atoms with van der Waals surface area (Å²) in [6, 6.07) is 25.1. The molecule has 10 nitrogen and oxygen atoms in total. The van der Waals surface area contributed by atoms with Gasteiger partial charge in [0.05, 0.1) is 19.3 Å². The second kappa shape index (κ2) is 11.8. The van der Waals surface area contributed by atoms with Crippen molar-refractivity contribution >= 4 is 23.5 Å². The number of aliphatic carboxylic acids is 1. The van der Waals surface area contributed by atoms with Gasteiger partial charge in [0.2, 0.25) is 12.0 Å². The number of carboxylic acid groups (broad SMARTS) is 1. The van der Waals surface area contributed by atoms with Crippen LogP contribution >= 0.6 is 0 Å². The van der Waals surface area contributed by atoms with Crippen molar-refractivity contribution in [1.82, 2.24) is 15.3 Å². The van der Waals surface area contributed by atoms with Crippen LogP contribution in [0.2, 0.25) is 0 Å². The van der Waals surface area contributed by atoms with Crippen molar-refractivity contribution in [3.05, 3.63) is 119 Å². The predicted octanol–water partition coefficient (Wildman–Crippen LogP) is 3.72. The quantitative estimate of drug-likeness (QED) is 0.306. The van der Waals surface area contributed by atoms with Gasteiger partial charge in [0, 0.05) is 17.0 Å². The third kappa shape index (κ3) is 5.19. The number of hydrogen-bond acceptors (Lipinski definition) is 8. The molecule has 4 aromatic rings. The smallest absolute Gasteiger partial charge is 0.347 e. The molecule has 3 aromatic carbocycles. The van der Waals surface area contributed by atoms with Crippen molar-refractivity contribution in [1.29, 1.82) is 0 Å². The maximum atomic E-state index is 14.0. The molecular weight excluding hydrogens is 536 g/mol. The minimum atomic E-state index is -1.64. The van der Waals surface area contributed by atoms with E-state index in [1.54, 1.807) is 92.7 Å². The molecular formula is C32H30N4O6. The highest BCUT2D eigenvalue weighted by Gasteiger charge is 2.53. The van der Waals surface area contributed by atoms with Crippen LogP contribution < -0.4 is 15.0 Å². The highest BCUT2D eigenvalue weighted by atomic mass is 16.5. The van der Waals surface area contributed by atoms with Gasteiger partial charge in [0.15, 0.2) is 6.04 Å². The number of benzene rings is 3. The summed E-state index contributed by atoms with van der Waals surface area (Å²) in [7, 11) is 1.26. The van der Waals surface area contributed by atoms with Crippen LogP contribution in [0.15, 0.2) is 91.0 Å². The second-order valence-corrected chi connectivity index (χ2v) is 9.91. The van der Waals surface area contributed by atoms with E-state index >= 15 is 0 Å². The Morgan fingerprint density at radius 3 is 2.14 bits per heavy atom. The molecule has 0 aliphatic carbocycles. The lowest BCUT2D eigenvalue weighted by Gasteiger charge is -2.39. The molecule has 214 valence electrons. The molecule has 2 heterocycles. The summed E-state index contributed by atoms with van der Waals surface area (Å²) in [5, 5.41) is 14.0. The SMILES string of the molecule is COC(=O)C(c1ccccc1)N1C(=O)CNC(c2ccccc2)(C(Oc2nc(C)cc(C)n2)C(=O)O)c2ccccc21. The summed E-state index contributed by atoms with van der Waals surface area (Å²) in [5.41, 5.74) is 1.39. The van der Waals surface area contributed by atoms with Crippen LogP contribution in [0.5, 0.6) is 6.01 Å². The van der Waals surface area contributed by atoms with E-state index in [-0.39, 0.29) is 12.6 Å². The van der Waals surface area contributed by atoms with Crippen LogP contribution in [-0.4, -0.2) is 52.7 Å². The minimum absolute atomic E-state index is 0.112. The number of aromatic nitrogens is 2. The fraction of sp³-hybridized carbons (Fsp3) is 0.219. The number of carbonyl (C=O) groups excluding carboxylic acids is 2. The number of nitrogens with zero attached hydrogens (tertiary/aromatic N) is 3. The number of anilines is 1. The first-order valence-electron chi connectivity index (χ1n) is 13.3. The fourth-order valence-electron chi connectivity index (χ4n) is 5.49. The topological polar surface area (TPSA) is 131 Å². The number of esters is 1. The van der Waals surface area contributed by atoms with E-state index in [4.69, 9.17) is 9.47 Å². The summed E-state index contributed by atoms with van der Waals surface area (Å²) in [6.45, 7) is 3.19. The van der Waals surface area contributed by atoms with Gasteiger partial charge in [0.1, 0.15) is 5.54 Å². The molecule has 0 saturated heterocycles. The van der Waals surface area contributed by atoms with Crippen molar-refractivity contribution in [3.8, 4) is 6.01 Å². The highest BCUT2D eigenvalue weighted by Crippen LogP contribution is 2.44. The molecule has 1 aliphatic heterocycles. The van der Waals surface area contributed by atoms with Gasteiger partial charge in [-0.1, -0.05) is 78.9 Å². The first-order valence-corrected chi connectivity index (χ1v) is 13.3. The van der Waals surface area contributed by atoms with Crippen LogP contribution in [0.1, 0.15) is 34.1 Å². The Labute approximate surface area is 243 Å². The van der Waals surface area contributed by atoms with Gasteiger partial charge in [-0.25, -0.2) is 19.6 Å². The molecule has 1 aliphatic rings. The number of methoxy groups -OCH3 is 1. The maximum absolute atomic E-state index is 14.0. The summed E-state index contributed by atoms with van der Waals surface area (Å²) in [4.78, 5) is 50.5. The van der Waals surface area contributed by atoms with Crippen LogP contribution in [-0.2, 0) is 24.7 Å². The van der Waals surface area contributed by atoms with Crippen LogP contribution in [0.3, 0.4) is 0 Å². The third-order valence-electron chi connectivity index (χ3n) is 7.21. The average molecular weight is 567 g/mol. The maximum Gasteiger partial charge on any atom is 0.347 e. The van der Waals surface area contributed by atoms with Crippen molar-refractivity contribution < 1.29 is 29.0 Å². The lowest BCUT2D eigenvalue weighted by Crippen LogP contribution is -2.58. The number of fused-ring (bicyclic) bond motifs is 1. The fourth-order valence-corrected chi connectivity index (χ4v) is 5.49. The number of hydrogen-bond donors (Lipinski definition) is 2. The zero-order valence-electron chi connectivity index (χ0n) is 23.4. The van der Waals surface area contributed by atoms with Gasteiger partial charge < -0.3 is 14.6 Å². The largest absolute Gasteiger partial charge is 0.478 e. The van der Waals surface area contributed by atoms with Gasteiger partial charge in [-0.3, -0.25) is 15.0 Å². The highest BCUT2D eigenvalue weighted by molar-refractivity contribution is 6.03. The van der Waals surface area contributed by atoms with E-state index < -0.39 is 35.5 Å². The normalized spacial score (nSPS) is 17.9. The number of carbonyl (C=O) groups is 3. The van der Waals surface area contributed by atoms with Gasteiger partial charge in [-0.15, -0.1) is 0 Å². The summed E-state index contributed by atoms with van der Waals surface area (Å²) in [6.07, 6.45) is -1.64. The molecule has 1 aromatic heterocycles. The van der Waals surface area contributed by atoms with E-state index in [0.29, 0.717) is 33.8 Å². The third-order valence-corrected chi connectivity index (χ3v) is 7.21. The molecule has 42 heavy (non-hydrogen) atoms. The molecule has 10 heteroatoms. The van der Waals surface area contributed by atoms with Crippen LogP contribution in [0.4, 0.5) is 5.69 Å². The zero-order chi connectivity index (χ0) is 29.9. The number of aryl methyl sites for hydroxylation is 2. The lowest BCUT2D eigenvalue weighted by molar-refractivity contribution is -0.149. The number of para-hydroxylation sites is 1. The molecule has 1 amide bonds. The van der Waals surface area contributed by atoms with E-state index in [9.17, 15) is 19.5 Å². The standard InChI is InChI=1S/C32H30N4O6/c1-20-18-21(2)35-31(34-20)42-28(29(38)39)32(23-14-8-5-9-15-23)24-16-10-11-17-25(24)36(26(37)19-33-32)27(30(40)41-3)22-12-6-4-7-13-22/h4-18,27-28,33H,19H2,1-3H3,(H,38,39). The molecule has 0 radical (unpaired) electrons. The Morgan fingerprint density at radius 2 is 1.52 bits per heavy atom. The van der Waals surface area contributed by atoms with E-state index in [1.165, 1.54) is 12.0 Å². The van der Waals surface area contributed by atoms with Gasteiger partial charge >= 0.3 is 17.9 Å². The zero-order valence-corrected chi connectivity index (χ0v) is 23.4. The number of amides is 1. The van der Waals surface area contributed by atoms with Gasteiger partial charge in [-0.05, 0) is 37.1 Å². The van der Waals surface area contributed by atoms with Gasteiger partial charge in [-0.2, -0.15) is 0 Å². The van der Waals surface area contributed by atoms with Crippen molar-refractivity contribution in [3.63, 3.8) is 0 Å². The summed E-state index contributed by atoms with van der Waals surface area (Å²) in [5.74, 6) is -2.42. The molecule has 0 bridgehead atoms. The lowest BCUT2D eigenvalue weighted by atomic mass is 9.77. The minimum Gasteiger partial charge on any atom is -0.478 e. The molecule has 5 rings (SSSR count). The Kier molecular flexibility index (Phi) is 7.99. The molecule has 3 atom stereocenters. The Morgan fingerprint density at radius 1 is 0.929 bits per heavy atom. The van der Waals surface area contributed by atoms with Gasteiger partial charge in [0.25, 0.3) is 0 Å². The molecule has 0 saturated carbocycles. The van der Waals surface area contributed by atoms with E-state index in [1.807, 2.05) is 12.1 Å². The van der Waals surface area contributed by atoms with Crippen LogP contribution in [0.25, 0.3) is 0 Å². The van der Waals surface area contributed by atoms with Crippen molar-refractivity contribution in [2.75, 3.05) is 18.6 Å². The monoisotopic (exact) mass is 566 g/mol. The van der Waals surface area contributed by atoms with E-state index in [2.05, 4.69) is 15.3 Å². The Balaban J connectivity index is 1.78. The average Bonchev–Trinajstić information content (AvgIpc) is 3.11. The van der Waals surface area contributed by atoms with Crippen LogP contribution in [0, 0.1) is 13.8 Å². The molecule has 2 N–H and O–H groups in total. The Bertz CT molecular complexity index is 1590. The number of carboxylic acids is 1. The molecule has 3 unspecified atom stereocenters. The number of nitrogens with one attached hydrogen (secondary N) is 1. The number of rotatable bonds is 8. The Hall–Kier alpha value is -5.09. The van der Waals surface area contributed by atoms with E-state index in [0.717, 1.165) is 0 Å².